The van der Waals surface area contributed by atoms with Crippen molar-refractivity contribution in [1.82, 2.24) is 9.55 Å². The van der Waals surface area contributed by atoms with Crippen molar-refractivity contribution in [2.45, 2.75) is 12.5 Å². The number of aromatic nitrogens is 2. The maximum atomic E-state index is 12.0. The minimum Gasteiger partial charge on any atom is -0.396 e. The zero-order valence-corrected chi connectivity index (χ0v) is 11.5. The highest BCUT2D eigenvalue weighted by molar-refractivity contribution is 7.13. The van der Waals surface area contributed by atoms with Gasteiger partial charge in [0.15, 0.2) is 0 Å². The van der Waals surface area contributed by atoms with Gasteiger partial charge in [0.2, 0.25) is 0 Å². The Labute approximate surface area is 118 Å². The minimum absolute atomic E-state index is 0.0723. The number of thiophene rings is 1. The zero-order valence-electron chi connectivity index (χ0n) is 10.7. The fourth-order valence-electron chi connectivity index (χ4n) is 2.43. The Morgan fingerprint density at radius 3 is 2.90 bits per heavy atom. The fourth-order valence-corrected chi connectivity index (χ4v) is 3.17. The van der Waals surface area contributed by atoms with Gasteiger partial charge < -0.3 is 5.11 Å². The van der Waals surface area contributed by atoms with Crippen LogP contribution < -0.4 is 11.2 Å². The molecule has 6 heteroatoms. The molecule has 0 bridgehead atoms. The van der Waals surface area contributed by atoms with Crippen LogP contribution in [0.15, 0.2) is 45.5 Å². The number of hydrogen-bond donors (Lipinski definition) is 2. The first kappa shape index (κ1) is 13.1. The SMILES string of the molecule is O=c1[nH]c(=O)n([C@H]2C=C[C@@H](CO)C2)cc1-c1cccs1. The van der Waals surface area contributed by atoms with Crippen molar-refractivity contribution < 1.29 is 5.11 Å². The van der Waals surface area contributed by atoms with Gasteiger partial charge in [-0.05, 0) is 17.9 Å². The second-order valence-corrected chi connectivity index (χ2v) is 5.76. The summed E-state index contributed by atoms with van der Waals surface area (Å²) < 4.78 is 1.53. The van der Waals surface area contributed by atoms with Gasteiger partial charge in [-0.15, -0.1) is 11.3 Å². The second kappa shape index (κ2) is 5.22. The Morgan fingerprint density at radius 2 is 2.25 bits per heavy atom. The van der Waals surface area contributed by atoms with Crippen LogP contribution in [0.2, 0.25) is 0 Å². The molecule has 3 rings (SSSR count). The number of nitrogens with one attached hydrogen (secondary N) is 1. The van der Waals surface area contributed by atoms with Crippen molar-refractivity contribution in [3.05, 3.63) is 56.7 Å². The Kier molecular flexibility index (Phi) is 3.42. The molecule has 0 radical (unpaired) electrons. The third-order valence-corrected chi connectivity index (χ3v) is 4.40. The van der Waals surface area contributed by atoms with Gasteiger partial charge in [0.25, 0.3) is 5.56 Å². The molecule has 2 atom stereocenters. The van der Waals surface area contributed by atoms with Gasteiger partial charge in [0, 0.05) is 23.6 Å². The van der Waals surface area contributed by atoms with Crippen LogP contribution in [0, 0.1) is 5.92 Å². The van der Waals surface area contributed by atoms with E-state index in [4.69, 9.17) is 5.11 Å². The first-order valence-electron chi connectivity index (χ1n) is 6.37. The van der Waals surface area contributed by atoms with E-state index in [2.05, 4.69) is 4.98 Å². The first-order chi connectivity index (χ1) is 9.69. The van der Waals surface area contributed by atoms with Crippen LogP contribution >= 0.6 is 11.3 Å². The normalized spacial score (nSPS) is 21.4. The van der Waals surface area contributed by atoms with E-state index in [-0.39, 0.29) is 24.1 Å². The van der Waals surface area contributed by atoms with Crippen molar-refractivity contribution in [3.63, 3.8) is 0 Å². The standard InChI is InChI=1S/C14H14N2O3S/c17-8-9-3-4-10(6-9)16-7-11(12-2-1-5-20-12)13(18)15-14(16)19/h1-5,7,9-10,17H,6,8H2,(H,15,18,19)/t9-,10+/m1/s1. The molecule has 0 spiro atoms. The third-order valence-electron chi connectivity index (χ3n) is 3.50. The molecule has 0 saturated heterocycles. The number of rotatable bonds is 3. The van der Waals surface area contributed by atoms with E-state index < -0.39 is 5.69 Å². The van der Waals surface area contributed by atoms with Crippen molar-refractivity contribution in [2.24, 2.45) is 5.92 Å². The summed E-state index contributed by atoms with van der Waals surface area (Å²) in [6.45, 7) is 0.0723. The van der Waals surface area contributed by atoms with E-state index in [0.29, 0.717) is 12.0 Å². The summed E-state index contributed by atoms with van der Waals surface area (Å²) in [7, 11) is 0. The minimum atomic E-state index is -0.413. The highest BCUT2D eigenvalue weighted by atomic mass is 32.1. The molecule has 0 saturated carbocycles. The van der Waals surface area contributed by atoms with Crippen molar-refractivity contribution in [1.29, 1.82) is 0 Å². The summed E-state index contributed by atoms with van der Waals surface area (Å²) in [5, 5.41) is 11.0. The topological polar surface area (TPSA) is 75.1 Å². The maximum Gasteiger partial charge on any atom is 0.328 e. The molecule has 20 heavy (non-hydrogen) atoms. The monoisotopic (exact) mass is 290 g/mol. The average Bonchev–Trinajstić information content (AvgIpc) is 3.09. The Bertz CT molecular complexity index is 743. The summed E-state index contributed by atoms with van der Waals surface area (Å²) in [6.07, 6.45) is 6.10. The van der Waals surface area contributed by atoms with E-state index in [1.54, 1.807) is 6.20 Å². The van der Waals surface area contributed by atoms with Crippen LogP contribution in [0.4, 0.5) is 0 Å². The number of aromatic amines is 1. The van der Waals surface area contributed by atoms with Crippen molar-refractivity contribution >= 4 is 11.3 Å². The van der Waals surface area contributed by atoms with Gasteiger partial charge >= 0.3 is 5.69 Å². The Hall–Kier alpha value is -1.92. The molecular weight excluding hydrogens is 276 g/mol. The number of hydrogen-bond acceptors (Lipinski definition) is 4. The molecule has 2 N–H and O–H groups in total. The lowest BCUT2D eigenvalue weighted by molar-refractivity contribution is 0.243. The number of allylic oxidation sites excluding steroid dienone is 1. The zero-order chi connectivity index (χ0) is 14.1. The van der Waals surface area contributed by atoms with Gasteiger partial charge in [-0.2, -0.15) is 0 Å². The molecule has 0 aliphatic heterocycles. The van der Waals surface area contributed by atoms with Gasteiger partial charge in [-0.1, -0.05) is 18.2 Å². The summed E-state index contributed by atoms with van der Waals surface area (Å²) in [6, 6.07) is 3.60. The lowest BCUT2D eigenvalue weighted by atomic mass is 10.1. The summed E-state index contributed by atoms with van der Waals surface area (Å²) >= 11 is 1.46. The lowest BCUT2D eigenvalue weighted by Crippen LogP contribution is -2.32. The van der Waals surface area contributed by atoms with Crippen LogP contribution in [0.25, 0.3) is 10.4 Å². The maximum absolute atomic E-state index is 12.0. The number of nitrogens with zero attached hydrogens (tertiary/aromatic N) is 1. The van der Waals surface area contributed by atoms with E-state index in [0.717, 1.165) is 4.88 Å². The highest BCUT2D eigenvalue weighted by Gasteiger charge is 2.21. The van der Waals surface area contributed by atoms with E-state index in [1.807, 2.05) is 29.7 Å². The lowest BCUT2D eigenvalue weighted by Gasteiger charge is -2.14. The second-order valence-electron chi connectivity index (χ2n) is 4.82. The van der Waals surface area contributed by atoms with Crippen LogP contribution in [0.1, 0.15) is 12.5 Å². The molecule has 104 valence electrons. The van der Waals surface area contributed by atoms with Crippen LogP contribution in [0.5, 0.6) is 0 Å². The molecule has 5 nitrogen and oxygen atoms in total. The summed E-state index contributed by atoms with van der Waals surface area (Å²) in [5.74, 6) is 0.0732. The van der Waals surface area contributed by atoms with E-state index in [9.17, 15) is 9.59 Å². The molecule has 0 amide bonds. The quantitative estimate of drug-likeness (QED) is 0.838. The number of aliphatic hydroxyl groups is 1. The average molecular weight is 290 g/mol. The van der Waals surface area contributed by atoms with Crippen molar-refractivity contribution in [2.75, 3.05) is 6.61 Å². The Morgan fingerprint density at radius 1 is 1.40 bits per heavy atom. The van der Waals surface area contributed by atoms with Crippen LogP contribution in [-0.2, 0) is 0 Å². The highest BCUT2D eigenvalue weighted by Crippen LogP contribution is 2.27. The summed E-state index contributed by atoms with van der Waals surface area (Å²) in [4.78, 5) is 27.1. The summed E-state index contributed by atoms with van der Waals surface area (Å²) in [5.41, 5.74) is -0.279. The first-order valence-corrected chi connectivity index (χ1v) is 7.25. The predicted molar refractivity (Wildman–Crippen MR) is 78.0 cm³/mol. The van der Waals surface area contributed by atoms with Gasteiger partial charge in [0.1, 0.15) is 0 Å². The third kappa shape index (κ3) is 2.28. The molecule has 2 aromatic rings. The number of H-pyrrole nitrogens is 1. The van der Waals surface area contributed by atoms with E-state index >= 15 is 0 Å². The van der Waals surface area contributed by atoms with Crippen molar-refractivity contribution in [3.8, 4) is 10.4 Å². The van der Waals surface area contributed by atoms with Crippen LogP contribution in [-0.4, -0.2) is 21.3 Å². The van der Waals surface area contributed by atoms with Crippen LogP contribution in [0.3, 0.4) is 0 Å². The fraction of sp³-hybridized carbons (Fsp3) is 0.286. The molecular formula is C14H14N2O3S. The Balaban J connectivity index is 2.05. The molecule has 0 unspecified atom stereocenters. The van der Waals surface area contributed by atoms with Gasteiger partial charge in [-0.3, -0.25) is 14.3 Å². The van der Waals surface area contributed by atoms with Gasteiger partial charge in [-0.25, -0.2) is 4.79 Å². The van der Waals surface area contributed by atoms with E-state index in [1.165, 1.54) is 15.9 Å². The molecule has 2 heterocycles. The smallest absolute Gasteiger partial charge is 0.328 e. The molecule has 0 aromatic carbocycles. The number of aliphatic hydroxyl groups excluding tert-OH is 1. The molecule has 2 aromatic heterocycles. The molecule has 1 aliphatic rings. The molecule has 0 fully saturated rings. The van der Waals surface area contributed by atoms with Gasteiger partial charge in [0.05, 0.1) is 11.6 Å². The largest absolute Gasteiger partial charge is 0.396 e. The molecule has 1 aliphatic carbocycles. The predicted octanol–water partition coefficient (Wildman–Crippen LogP) is 1.37.